The molecular weight excluding hydrogens is 284 g/mol. The zero-order valence-electron chi connectivity index (χ0n) is 13.0. The van der Waals surface area contributed by atoms with Crippen LogP contribution in [0.4, 0.5) is 0 Å². The zero-order chi connectivity index (χ0) is 16.1. The summed E-state index contributed by atoms with van der Waals surface area (Å²) in [5.41, 5.74) is 6.29. The number of nitrogens with zero attached hydrogens (tertiary/aromatic N) is 2. The first-order valence-corrected chi connectivity index (χ1v) is 7.32. The van der Waals surface area contributed by atoms with E-state index in [0.717, 1.165) is 26.1 Å². The highest BCUT2D eigenvalue weighted by atomic mass is 16.5. The molecule has 2 amide bonds. The van der Waals surface area contributed by atoms with Gasteiger partial charge in [0.05, 0.1) is 12.7 Å². The van der Waals surface area contributed by atoms with Gasteiger partial charge in [-0.25, -0.2) is 0 Å². The molecule has 7 heteroatoms. The van der Waals surface area contributed by atoms with Gasteiger partial charge in [-0.3, -0.25) is 14.6 Å². The summed E-state index contributed by atoms with van der Waals surface area (Å²) in [6.45, 7) is 4.72. The average Bonchev–Trinajstić information content (AvgIpc) is 2.47. The first kappa shape index (κ1) is 16.4. The van der Waals surface area contributed by atoms with Crippen molar-refractivity contribution in [1.82, 2.24) is 15.2 Å². The second kappa shape index (κ2) is 7.33. The van der Waals surface area contributed by atoms with Gasteiger partial charge in [0.1, 0.15) is 5.69 Å². The Hall–Kier alpha value is -1.99. The minimum atomic E-state index is -0.634. The number of aromatic nitrogens is 1. The number of pyridine rings is 1. The van der Waals surface area contributed by atoms with Gasteiger partial charge in [-0.15, -0.1) is 0 Å². The third kappa shape index (κ3) is 4.02. The number of rotatable bonds is 5. The maximum Gasteiger partial charge on any atom is 0.267 e. The van der Waals surface area contributed by atoms with Gasteiger partial charge >= 0.3 is 0 Å². The molecule has 0 spiro atoms. The van der Waals surface area contributed by atoms with E-state index in [0.29, 0.717) is 17.7 Å². The number of primary amides is 1. The number of morpholine rings is 1. The van der Waals surface area contributed by atoms with E-state index < -0.39 is 5.91 Å². The molecule has 1 atom stereocenters. The van der Waals surface area contributed by atoms with Crippen LogP contribution in [0.1, 0.15) is 32.8 Å². The summed E-state index contributed by atoms with van der Waals surface area (Å²) in [4.78, 5) is 29.6. The maximum absolute atomic E-state index is 12.2. The molecule has 1 aromatic heterocycles. The highest BCUT2D eigenvalue weighted by Crippen LogP contribution is 2.11. The Labute approximate surface area is 129 Å². The van der Waals surface area contributed by atoms with Crippen molar-refractivity contribution in [2.75, 3.05) is 33.3 Å². The SMILES string of the molecule is Cc1c(C(=O)NCCC2CN(C)CCO2)ccnc1C(N)=O. The molecule has 7 nitrogen and oxygen atoms in total. The Bertz CT molecular complexity index is 562. The van der Waals surface area contributed by atoms with Crippen molar-refractivity contribution < 1.29 is 14.3 Å². The number of amides is 2. The van der Waals surface area contributed by atoms with Crippen LogP contribution in [0.25, 0.3) is 0 Å². The van der Waals surface area contributed by atoms with Gasteiger partial charge in [-0.05, 0) is 32.0 Å². The standard InChI is InChI=1S/C15H22N4O3/c1-10-12(4-6-17-13(10)14(16)20)15(21)18-5-3-11-9-19(2)7-8-22-11/h4,6,11H,3,5,7-9H2,1-2H3,(H2,16,20)(H,18,21). The number of hydrogen-bond acceptors (Lipinski definition) is 5. The van der Waals surface area contributed by atoms with E-state index in [-0.39, 0.29) is 17.7 Å². The van der Waals surface area contributed by atoms with Crippen molar-refractivity contribution in [2.24, 2.45) is 5.73 Å². The Morgan fingerprint density at radius 2 is 2.32 bits per heavy atom. The number of nitrogens with two attached hydrogens (primary N) is 1. The highest BCUT2D eigenvalue weighted by molar-refractivity contribution is 6.00. The topological polar surface area (TPSA) is 97.6 Å². The Morgan fingerprint density at radius 3 is 3.00 bits per heavy atom. The molecule has 120 valence electrons. The van der Waals surface area contributed by atoms with Crippen LogP contribution in [0.5, 0.6) is 0 Å². The molecule has 2 heterocycles. The third-order valence-corrected chi connectivity index (χ3v) is 3.78. The summed E-state index contributed by atoms with van der Waals surface area (Å²) in [6, 6.07) is 1.59. The molecule has 1 unspecified atom stereocenters. The number of carbonyl (C=O) groups is 2. The van der Waals surface area contributed by atoms with Gasteiger partial charge < -0.3 is 20.7 Å². The second-order valence-electron chi connectivity index (χ2n) is 5.50. The van der Waals surface area contributed by atoms with E-state index in [9.17, 15) is 9.59 Å². The minimum absolute atomic E-state index is 0.130. The first-order valence-electron chi connectivity index (χ1n) is 7.32. The van der Waals surface area contributed by atoms with Crippen LogP contribution in [-0.2, 0) is 4.74 Å². The van der Waals surface area contributed by atoms with Crippen LogP contribution in [0.2, 0.25) is 0 Å². The number of nitrogens with one attached hydrogen (secondary N) is 1. The predicted octanol–water partition coefficient (Wildman–Crippen LogP) is -0.0606. The predicted molar refractivity (Wildman–Crippen MR) is 81.7 cm³/mol. The molecule has 2 rings (SSSR count). The van der Waals surface area contributed by atoms with Gasteiger partial charge in [0.15, 0.2) is 0 Å². The molecule has 3 N–H and O–H groups in total. The highest BCUT2D eigenvalue weighted by Gasteiger charge is 2.19. The number of likely N-dealkylation sites (N-methyl/N-ethyl adjacent to an activating group) is 1. The normalized spacial score (nSPS) is 18.9. The fourth-order valence-electron chi connectivity index (χ4n) is 2.51. The molecule has 1 fully saturated rings. The van der Waals surface area contributed by atoms with Crippen molar-refractivity contribution in [1.29, 1.82) is 0 Å². The second-order valence-corrected chi connectivity index (χ2v) is 5.50. The molecule has 1 saturated heterocycles. The van der Waals surface area contributed by atoms with Crippen molar-refractivity contribution in [2.45, 2.75) is 19.4 Å². The number of hydrogen-bond donors (Lipinski definition) is 2. The van der Waals surface area contributed by atoms with Gasteiger partial charge in [0.25, 0.3) is 11.8 Å². The lowest BCUT2D eigenvalue weighted by Crippen LogP contribution is -2.41. The summed E-state index contributed by atoms with van der Waals surface area (Å²) in [6.07, 6.45) is 2.31. The van der Waals surface area contributed by atoms with Crippen LogP contribution in [0.15, 0.2) is 12.3 Å². The molecular formula is C15H22N4O3. The fourth-order valence-corrected chi connectivity index (χ4v) is 2.51. The number of ether oxygens (including phenoxy) is 1. The lowest BCUT2D eigenvalue weighted by Gasteiger charge is -2.30. The smallest absolute Gasteiger partial charge is 0.267 e. The van der Waals surface area contributed by atoms with Crippen molar-refractivity contribution in [3.63, 3.8) is 0 Å². The van der Waals surface area contributed by atoms with Crippen LogP contribution in [0, 0.1) is 6.92 Å². The molecule has 1 aliphatic rings. The van der Waals surface area contributed by atoms with Crippen molar-refractivity contribution >= 4 is 11.8 Å². The lowest BCUT2D eigenvalue weighted by atomic mass is 10.1. The lowest BCUT2D eigenvalue weighted by molar-refractivity contribution is -0.0226. The Kier molecular flexibility index (Phi) is 5.46. The molecule has 1 aliphatic heterocycles. The summed E-state index contributed by atoms with van der Waals surface area (Å²) < 4.78 is 5.65. The van der Waals surface area contributed by atoms with E-state index in [1.165, 1.54) is 6.20 Å². The first-order chi connectivity index (χ1) is 10.5. The third-order valence-electron chi connectivity index (χ3n) is 3.78. The molecule has 0 radical (unpaired) electrons. The van der Waals surface area contributed by atoms with Crippen molar-refractivity contribution in [3.8, 4) is 0 Å². The minimum Gasteiger partial charge on any atom is -0.375 e. The summed E-state index contributed by atoms with van der Waals surface area (Å²) >= 11 is 0. The summed E-state index contributed by atoms with van der Waals surface area (Å²) in [5, 5.41) is 2.85. The molecule has 22 heavy (non-hydrogen) atoms. The molecule has 0 saturated carbocycles. The summed E-state index contributed by atoms with van der Waals surface area (Å²) in [7, 11) is 2.06. The van der Waals surface area contributed by atoms with E-state index in [1.807, 2.05) is 0 Å². The van der Waals surface area contributed by atoms with E-state index in [4.69, 9.17) is 10.5 Å². The van der Waals surface area contributed by atoms with Gasteiger partial charge in [0.2, 0.25) is 0 Å². The number of carbonyl (C=O) groups excluding carboxylic acids is 2. The maximum atomic E-state index is 12.2. The Morgan fingerprint density at radius 1 is 1.55 bits per heavy atom. The molecule has 0 aliphatic carbocycles. The summed E-state index contributed by atoms with van der Waals surface area (Å²) in [5.74, 6) is -0.864. The van der Waals surface area contributed by atoms with Crippen LogP contribution >= 0.6 is 0 Å². The molecule has 1 aromatic rings. The van der Waals surface area contributed by atoms with Crippen LogP contribution in [0.3, 0.4) is 0 Å². The quantitative estimate of drug-likeness (QED) is 0.794. The largest absolute Gasteiger partial charge is 0.375 e. The van der Waals surface area contributed by atoms with Gasteiger partial charge in [-0.1, -0.05) is 0 Å². The van der Waals surface area contributed by atoms with Gasteiger partial charge in [-0.2, -0.15) is 0 Å². The van der Waals surface area contributed by atoms with E-state index in [2.05, 4.69) is 22.2 Å². The molecule has 0 aromatic carbocycles. The fraction of sp³-hybridized carbons (Fsp3) is 0.533. The zero-order valence-corrected chi connectivity index (χ0v) is 13.0. The average molecular weight is 306 g/mol. The van der Waals surface area contributed by atoms with E-state index >= 15 is 0 Å². The van der Waals surface area contributed by atoms with Crippen LogP contribution in [-0.4, -0.2) is 61.1 Å². The Balaban J connectivity index is 1.90. The van der Waals surface area contributed by atoms with Crippen molar-refractivity contribution in [3.05, 3.63) is 29.1 Å². The van der Waals surface area contributed by atoms with Gasteiger partial charge in [0, 0.05) is 31.4 Å². The van der Waals surface area contributed by atoms with E-state index in [1.54, 1.807) is 13.0 Å². The van der Waals surface area contributed by atoms with Crippen LogP contribution < -0.4 is 11.1 Å². The monoisotopic (exact) mass is 306 g/mol. The molecule has 0 bridgehead atoms.